The summed E-state index contributed by atoms with van der Waals surface area (Å²) < 4.78 is 5.86. The monoisotopic (exact) mass is 430 g/mol. The van der Waals surface area contributed by atoms with Gasteiger partial charge in [-0.05, 0) is 36.6 Å². The Morgan fingerprint density at radius 2 is 1.53 bits per heavy atom. The number of hydrogen-bond donors (Lipinski definition) is 1. The lowest BCUT2D eigenvalue weighted by atomic mass is 10.0. The lowest BCUT2D eigenvalue weighted by Gasteiger charge is -2.31. The van der Waals surface area contributed by atoms with E-state index in [0.29, 0.717) is 18.7 Å². The van der Waals surface area contributed by atoms with Gasteiger partial charge >= 0.3 is 0 Å². The number of nitrogens with zero attached hydrogens (tertiary/aromatic N) is 1. The van der Waals surface area contributed by atoms with Gasteiger partial charge in [0.1, 0.15) is 11.8 Å². The zero-order valence-electron chi connectivity index (χ0n) is 18.9. The molecule has 3 rings (SSSR count). The predicted molar refractivity (Wildman–Crippen MR) is 126 cm³/mol. The summed E-state index contributed by atoms with van der Waals surface area (Å²) in [6.07, 6.45) is 0.419. The number of ether oxygens (including phenoxy) is 1. The molecule has 0 spiro atoms. The predicted octanol–water partition coefficient (Wildman–Crippen LogP) is 4.07. The molecule has 0 saturated carbocycles. The minimum absolute atomic E-state index is 0.140. The molecule has 0 radical (unpaired) electrons. The smallest absolute Gasteiger partial charge is 0.261 e. The van der Waals surface area contributed by atoms with E-state index in [1.807, 2.05) is 92.7 Å². The molecule has 32 heavy (non-hydrogen) atoms. The Labute approximate surface area is 190 Å². The fraction of sp³-hybridized carbons (Fsp3) is 0.259. The molecule has 0 bridgehead atoms. The van der Waals surface area contributed by atoms with E-state index in [4.69, 9.17) is 4.74 Å². The number of carbonyl (C=O) groups is 2. The summed E-state index contributed by atoms with van der Waals surface area (Å²) in [4.78, 5) is 27.9. The van der Waals surface area contributed by atoms with E-state index in [-0.39, 0.29) is 18.4 Å². The number of rotatable bonds is 9. The van der Waals surface area contributed by atoms with Gasteiger partial charge in [0.05, 0.1) is 0 Å². The summed E-state index contributed by atoms with van der Waals surface area (Å²) in [5.74, 6) is 0.228. The second kappa shape index (κ2) is 11.1. The third-order valence-electron chi connectivity index (χ3n) is 5.39. The number of likely N-dealkylation sites (N-methyl/N-ethyl adjacent to an activating group) is 1. The molecule has 0 heterocycles. The first kappa shape index (κ1) is 23.1. The van der Waals surface area contributed by atoms with E-state index in [1.54, 1.807) is 11.9 Å². The molecule has 1 N–H and O–H groups in total. The summed E-state index contributed by atoms with van der Waals surface area (Å²) in [5.41, 5.74) is 4.05. The van der Waals surface area contributed by atoms with Gasteiger partial charge in [0.2, 0.25) is 5.91 Å². The molecule has 5 nitrogen and oxygen atoms in total. The van der Waals surface area contributed by atoms with Gasteiger partial charge < -0.3 is 15.0 Å². The molecular weight excluding hydrogens is 400 g/mol. The van der Waals surface area contributed by atoms with Crippen LogP contribution in [0.25, 0.3) is 0 Å². The lowest BCUT2D eigenvalue weighted by molar-refractivity contribution is -0.142. The molecule has 5 heteroatoms. The fourth-order valence-corrected chi connectivity index (χ4v) is 3.68. The number of carbonyl (C=O) groups excluding carboxylic acids is 2. The van der Waals surface area contributed by atoms with Crippen molar-refractivity contribution >= 4 is 11.8 Å². The van der Waals surface area contributed by atoms with Crippen molar-refractivity contribution in [1.29, 1.82) is 0 Å². The highest BCUT2D eigenvalue weighted by Crippen LogP contribution is 2.20. The highest BCUT2D eigenvalue weighted by atomic mass is 16.5. The van der Waals surface area contributed by atoms with Gasteiger partial charge in [0, 0.05) is 20.0 Å². The topological polar surface area (TPSA) is 58.6 Å². The van der Waals surface area contributed by atoms with Crippen LogP contribution in [0.3, 0.4) is 0 Å². The van der Waals surface area contributed by atoms with Crippen molar-refractivity contribution in [3.8, 4) is 5.75 Å². The molecule has 0 aliphatic carbocycles. The first-order valence-electron chi connectivity index (χ1n) is 10.8. The third-order valence-corrected chi connectivity index (χ3v) is 5.39. The van der Waals surface area contributed by atoms with Gasteiger partial charge in [0.25, 0.3) is 5.91 Å². The minimum atomic E-state index is -0.655. The van der Waals surface area contributed by atoms with Gasteiger partial charge in [-0.25, -0.2) is 0 Å². The van der Waals surface area contributed by atoms with E-state index in [9.17, 15) is 9.59 Å². The van der Waals surface area contributed by atoms with Crippen molar-refractivity contribution in [2.24, 2.45) is 0 Å². The Hall–Kier alpha value is -3.60. The third kappa shape index (κ3) is 6.20. The van der Waals surface area contributed by atoms with Crippen LogP contribution in [0, 0.1) is 13.8 Å². The zero-order chi connectivity index (χ0) is 22.9. The van der Waals surface area contributed by atoms with Gasteiger partial charge in [-0.3, -0.25) is 9.59 Å². The molecule has 0 saturated heterocycles. The normalized spacial score (nSPS) is 11.5. The molecule has 2 amide bonds. The highest BCUT2D eigenvalue weighted by Gasteiger charge is 2.30. The Morgan fingerprint density at radius 1 is 0.906 bits per heavy atom. The summed E-state index contributed by atoms with van der Waals surface area (Å²) in [5, 5.41) is 2.72. The van der Waals surface area contributed by atoms with Crippen LogP contribution in [0.5, 0.6) is 5.75 Å². The fourth-order valence-electron chi connectivity index (χ4n) is 3.68. The highest BCUT2D eigenvalue weighted by molar-refractivity contribution is 5.88. The Bertz CT molecular complexity index is 1040. The van der Waals surface area contributed by atoms with E-state index in [0.717, 1.165) is 22.3 Å². The summed E-state index contributed by atoms with van der Waals surface area (Å²) in [6, 6.07) is 24.6. The maximum atomic E-state index is 13.4. The second-order valence-corrected chi connectivity index (χ2v) is 7.88. The average Bonchev–Trinajstić information content (AvgIpc) is 2.81. The molecule has 0 fully saturated rings. The Morgan fingerprint density at radius 3 is 2.12 bits per heavy atom. The molecule has 3 aromatic rings. The largest absolute Gasteiger partial charge is 0.483 e. The van der Waals surface area contributed by atoms with Crippen LogP contribution < -0.4 is 10.1 Å². The molecular formula is C27H30N2O3. The van der Waals surface area contributed by atoms with Crippen LogP contribution in [0.15, 0.2) is 78.9 Å². The molecule has 3 aromatic carbocycles. The van der Waals surface area contributed by atoms with Gasteiger partial charge in [0.15, 0.2) is 6.61 Å². The maximum absolute atomic E-state index is 13.4. The maximum Gasteiger partial charge on any atom is 0.261 e. The first-order valence-corrected chi connectivity index (χ1v) is 10.8. The van der Waals surface area contributed by atoms with Crippen LogP contribution in [-0.4, -0.2) is 36.4 Å². The number of hydrogen-bond acceptors (Lipinski definition) is 3. The number of amides is 2. The molecule has 1 atom stereocenters. The van der Waals surface area contributed by atoms with Gasteiger partial charge in [-0.2, -0.15) is 0 Å². The van der Waals surface area contributed by atoms with E-state index in [1.165, 1.54) is 0 Å². The van der Waals surface area contributed by atoms with Gasteiger partial charge in [-0.15, -0.1) is 0 Å². The van der Waals surface area contributed by atoms with Gasteiger partial charge in [-0.1, -0.05) is 78.4 Å². The van der Waals surface area contributed by atoms with Crippen molar-refractivity contribution < 1.29 is 14.3 Å². The van der Waals surface area contributed by atoms with Crippen molar-refractivity contribution in [2.75, 3.05) is 13.7 Å². The van der Waals surface area contributed by atoms with Crippen molar-refractivity contribution in [3.63, 3.8) is 0 Å². The van der Waals surface area contributed by atoms with E-state index >= 15 is 0 Å². The van der Waals surface area contributed by atoms with Crippen molar-refractivity contribution in [3.05, 3.63) is 101 Å². The molecule has 166 valence electrons. The molecule has 0 aliphatic heterocycles. The van der Waals surface area contributed by atoms with Crippen LogP contribution in [-0.2, 0) is 22.6 Å². The van der Waals surface area contributed by atoms with E-state index < -0.39 is 6.04 Å². The number of benzene rings is 3. The van der Waals surface area contributed by atoms with Crippen LogP contribution >= 0.6 is 0 Å². The minimum Gasteiger partial charge on any atom is -0.483 e. The number of nitrogens with one attached hydrogen (secondary N) is 1. The van der Waals surface area contributed by atoms with Crippen molar-refractivity contribution in [1.82, 2.24) is 10.2 Å². The standard InChI is InChI=1S/C27H30N2O3/c1-20-14-15-25(21(2)16-20)32-19-26(30)29(18-23-12-8-5-9-13-23)24(27(31)28-3)17-22-10-6-4-7-11-22/h4-16,24H,17-19H2,1-3H3,(H,28,31). The zero-order valence-corrected chi connectivity index (χ0v) is 18.9. The summed E-state index contributed by atoms with van der Waals surface area (Å²) in [7, 11) is 1.59. The average molecular weight is 431 g/mol. The summed E-state index contributed by atoms with van der Waals surface area (Å²) in [6.45, 7) is 4.15. The molecule has 1 unspecified atom stereocenters. The molecule has 0 aliphatic rings. The molecule has 0 aromatic heterocycles. The van der Waals surface area contributed by atoms with E-state index in [2.05, 4.69) is 5.32 Å². The van der Waals surface area contributed by atoms with Crippen LogP contribution in [0.4, 0.5) is 0 Å². The second-order valence-electron chi connectivity index (χ2n) is 7.88. The number of aryl methyl sites for hydroxylation is 2. The Kier molecular flexibility index (Phi) is 8.03. The Balaban J connectivity index is 1.86. The van der Waals surface area contributed by atoms with Crippen LogP contribution in [0.2, 0.25) is 0 Å². The lowest BCUT2D eigenvalue weighted by Crippen LogP contribution is -2.51. The summed E-state index contributed by atoms with van der Waals surface area (Å²) >= 11 is 0. The van der Waals surface area contributed by atoms with Crippen LogP contribution in [0.1, 0.15) is 22.3 Å². The first-order chi connectivity index (χ1) is 15.5. The van der Waals surface area contributed by atoms with Crippen molar-refractivity contribution in [2.45, 2.75) is 32.9 Å². The SMILES string of the molecule is CNC(=O)C(Cc1ccccc1)N(Cc1ccccc1)C(=O)COc1ccc(C)cc1C. The quantitative estimate of drug-likeness (QED) is 0.557.